The molecule has 2 aromatic rings. The second-order valence-electron chi connectivity index (χ2n) is 4.12. The first-order valence-electron chi connectivity index (χ1n) is 5.56. The van der Waals surface area contributed by atoms with E-state index in [0.29, 0.717) is 16.6 Å². The minimum absolute atomic E-state index is 0.105. The van der Waals surface area contributed by atoms with Crippen molar-refractivity contribution in [3.63, 3.8) is 0 Å². The summed E-state index contributed by atoms with van der Waals surface area (Å²) in [4.78, 5) is 16.1. The molecule has 0 aromatic carbocycles. The molecule has 2 aromatic heterocycles. The Labute approximate surface area is 109 Å². The molecule has 3 N–H and O–H groups in total. The number of aromatic nitrogens is 3. The lowest BCUT2D eigenvalue weighted by Crippen LogP contribution is -2.29. The zero-order valence-corrected chi connectivity index (χ0v) is 11.1. The minimum atomic E-state index is -0.153. The zero-order valence-electron chi connectivity index (χ0n) is 10.3. The maximum Gasteiger partial charge on any atom is 0.263 e. The fourth-order valence-corrected chi connectivity index (χ4v) is 2.09. The first-order chi connectivity index (χ1) is 8.56. The average molecular weight is 265 g/mol. The van der Waals surface area contributed by atoms with Gasteiger partial charge in [0.1, 0.15) is 4.88 Å². The number of rotatable bonds is 4. The van der Waals surface area contributed by atoms with Gasteiger partial charge in [-0.1, -0.05) is 11.3 Å². The van der Waals surface area contributed by atoms with E-state index in [9.17, 15) is 4.79 Å². The fraction of sp³-hybridized carbons (Fsp3) is 0.364. The predicted molar refractivity (Wildman–Crippen MR) is 70.5 cm³/mol. The summed E-state index contributed by atoms with van der Waals surface area (Å²) in [6.07, 6.45) is 5.22. The number of anilines is 1. The smallest absolute Gasteiger partial charge is 0.263 e. The quantitative estimate of drug-likeness (QED) is 0.870. The lowest BCUT2D eigenvalue weighted by atomic mass is 10.3. The second-order valence-corrected chi connectivity index (χ2v) is 5.18. The highest BCUT2D eigenvalue weighted by molar-refractivity contribution is 7.17. The van der Waals surface area contributed by atoms with Crippen LogP contribution in [0.4, 0.5) is 5.13 Å². The Bertz CT molecular complexity index is 547. The van der Waals surface area contributed by atoms with Crippen LogP contribution in [0, 0.1) is 6.92 Å². The number of carbonyl (C=O) groups is 1. The number of hydrogen-bond acceptors (Lipinski definition) is 5. The van der Waals surface area contributed by atoms with Crippen molar-refractivity contribution >= 4 is 22.4 Å². The van der Waals surface area contributed by atoms with Crippen molar-refractivity contribution in [2.24, 2.45) is 0 Å². The van der Waals surface area contributed by atoms with Crippen molar-refractivity contribution in [1.82, 2.24) is 20.1 Å². The molecule has 2 rings (SSSR count). The number of nitrogens with two attached hydrogens (primary N) is 1. The zero-order chi connectivity index (χ0) is 13.1. The third-order valence-electron chi connectivity index (χ3n) is 2.49. The second kappa shape index (κ2) is 5.18. The van der Waals surface area contributed by atoms with Gasteiger partial charge in [0.05, 0.1) is 18.4 Å². The number of nitrogens with one attached hydrogen (secondary N) is 1. The van der Waals surface area contributed by atoms with Crippen LogP contribution in [-0.2, 0) is 0 Å². The standard InChI is InChI=1S/C11H15N5OS/c1-7-3-15-16(6-7)8(2)4-13-10(17)9-5-14-11(12)18-9/h3,5-6,8H,4H2,1-2H3,(H2,12,14)(H,13,17)/t8-/m0/s1. The van der Waals surface area contributed by atoms with Gasteiger partial charge >= 0.3 is 0 Å². The van der Waals surface area contributed by atoms with Gasteiger partial charge in [-0.15, -0.1) is 0 Å². The highest BCUT2D eigenvalue weighted by Crippen LogP contribution is 2.14. The van der Waals surface area contributed by atoms with E-state index >= 15 is 0 Å². The molecule has 0 bridgehead atoms. The van der Waals surface area contributed by atoms with Crippen LogP contribution in [0.1, 0.15) is 28.2 Å². The highest BCUT2D eigenvalue weighted by atomic mass is 32.1. The summed E-state index contributed by atoms with van der Waals surface area (Å²) < 4.78 is 1.83. The van der Waals surface area contributed by atoms with Crippen molar-refractivity contribution in [3.05, 3.63) is 29.0 Å². The Morgan fingerprint density at radius 3 is 2.94 bits per heavy atom. The minimum Gasteiger partial charge on any atom is -0.375 e. The lowest BCUT2D eigenvalue weighted by Gasteiger charge is -2.12. The molecule has 96 valence electrons. The molecule has 0 aliphatic heterocycles. The van der Waals surface area contributed by atoms with Crippen molar-refractivity contribution < 1.29 is 4.79 Å². The predicted octanol–water partition coefficient (Wildman–Crippen LogP) is 1.22. The SMILES string of the molecule is Cc1cnn([C@@H](C)CNC(=O)c2cnc(N)s2)c1. The fourth-order valence-electron chi connectivity index (χ4n) is 1.49. The van der Waals surface area contributed by atoms with E-state index in [2.05, 4.69) is 15.4 Å². The van der Waals surface area contributed by atoms with Crippen LogP contribution in [0.2, 0.25) is 0 Å². The molecule has 0 aliphatic carbocycles. The normalized spacial score (nSPS) is 12.3. The maximum absolute atomic E-state index is 11.8. The van der Waals surface area contributed by atoms with Gasteiger partial charge in [-0.25, -0.2) is 4.98 Å². The van der Waals surface area contributed by atoms with Crippen LogP contribution < -0.4 is 11.1 Å². The molecule has 2 heterocycles. The summed E-state index contributed by atoms with van der Waals surface area (Å²) in [6, 6.07) is 0.105. The molecule has 0 aliphatic rings. The van der Waals surface area contributed by atoms with Gasteiger partial charge in [-0.2, -0.15) is 5.10 Å². The van der Waals surface area contributed by atoms with E-state index < -0.39 is 0 Å². The maximum atomic E-state index is 11.8. The van der Waals surface area contributed by atoms with Crippen molar-refractivity contribution in [1.29, 1.82) is 0 Å². The summed E-state index contributed by atoms with van der Waals surface area (Å²) in [6.45, 7) is 4.49. The Morgan fingerprint density at radius 2 is 2.39 bits per heavy atom. The van der Waals surface area contributed by atoms with E-state index in [4.69, 9.17) is 5.73 Å². The molecule has 6 nitrogen and oxygen atoms in total. The molecular weight excluding hydrogens is 250 g/mol. The number of thiazole rings is 1. The van der Waals surface area contributed by atoms with Crippen molar-refractivity contribution in [3.8, 4) is 0 Å². The third-order valence-corrected chi connectivity index (χ3v) is 3.31. The number of nitrogens with zero attached hydrogens (tertiary/aromatic N) is 3. The Hall–Kier alpha value is -1.89. The van der Waals surface area contributed by atoms with Crippen LogP contribution in [-0.4, -0.2) is 27.2 Å². The molecule has 0 unspecified atom stereocenters. The highest BCUT2D eigenvalue weighted by Gasteiger charge is 2.11. The summed E-state index contributed by atoms with van der Waals surface area (Å²) in [5.74, 6) is -0.153. The van der Waals surface area contributed by atoms with Gasteiger partial charge in [-0.3, -0.25) is 9.48 Å². The molecule has 1 atom stereocenters. The number of aryl methyl sites for hydroxylation is 1. The van der Waals surface area contributed by atoms with Gasteiger partial charge in [0.25, 0.3) is 5.91 Å². The summed E-state index contributed by atoms with van der Waals surface area (Å²) in [5, 5.41) is 7.44. The van der Waals surface area contributed by atoms with Gasteiger partial charge < -0.3 is 11.1 Å². The Kier molecular flexibility index (Phi) is 3.61. The van der Waals surface area contributed by atoms with Crippen LogP contribution in [0.25, 0.3) is 0 Å². The molecule has 0 radical (unpaired) electrons. The van der Waals surface area contributed by atoms with Crippen LogP contribution in [0.15, 0.2) is 18.6 Å². The largest absolute Gasteiger partial charge is 0.375 e. The lowest BCUT2D eigenvalue weighted by molar-refractivity contribution is 0.0952. The molecule has 18 heavy (non-hydrogen) atoms. The van der Waals surface area contributed by atoms with Gasteiger partial charge in [-0.05, 0) is 19.4 Å². The summed E-state index contributed by atoms with van der Waals surface area (Å²) in [5.41, 5.74) is 6.58. The Balaban J connectivity index is 1.90. The van der Waals surface area contributed by atoms with Gasteiger partial charge in [0, 0.05) is 12.7 Å². The first kappa shape index (κ1) is 12.6. The molecule has 0 spiro atoms. The Morgan fingerprint density at radius 1 is 1.61 bits per heavy atom. The third kappa shape index (κ3) is 2.86. The van der Waals surface area contributed by atoms with Crippen LogP contribution in [0.5, 0.6) is 0 Å². The van der Waals surface area contributed by atoms with Gasteiger partial charge in [0.2, 0.25) is 0 Å². The number of hydrogen-bond donors (Lipinski definition) is 2. The molecular formula is C11H15N5OS. The average Bonchev–Trinajstić information content (AvgIpc) is 2.94. The van der Waals surface area contributed by atoms with E-state index in [-0.39, 0.29) is 11.9 Å². The molecule has 7 heteroatoms. The molecule has 1 amide bonds. The van der Waals surface area contributed by atoms with E-state index in [1.807, 2.05) is 24.7 Å². The number of amides is 1. The monoisotopic (exact) mass is 265 g/mol. The van der Waals surface area contributed by atoms with E-state index in [1.54, 1.807) is 6.20 Å². The summed E-state index contributed by atoms with van der Waals surface area (Å²) >= 11 is 1.18. The van der Waals surface area contributed by atoms with Crippen molar-refractivity contribution in [2.75, 3.05) is 12.3 Å². The van der Waals surface area contributed by atoms with Crippen LogP contribution in [0.3, 0.4) is 0 Å². The topological polar surface area (TPSA) is 85.8 Å². The summed E-state index contributed by atoms with van der Waals surface area (Å²) in [7, 11) is 0. The van der Waals surface area contributed by atoms with Crippen LogP contribution >= 0.6 is 11.3 Å². The van der Waals surface area contributed by atoms with Crippen molar-refractivity contribution in [2.45, 2.75) is 19.9 Å². The molecule has 0 saturated carbocycles. The molecule has 0 fully saturated rings. The number of nitrogen functional groups attached to an aromatic ring is 1. The molecule has 0 saturated heterocycles. The van der Waals surface area contributed by atoms with Gasteiger partial charge in [0.15, 0.2) is 5.13 Å². The van der Waals surface area contributed by atoms with E-state index in [0.717, 1.165) is 5.56 Å². The van der Waals surface area contributed by atoms with E-state index in [1.165, 1.54) is 17.5 Å². The number of carbonyl (C=O) groups excluding carboxylic acids is 1. The first-order valence-corrected chi connectivity index (χ1v) is 6.38.